The lowest BCUT2D eigenvalue weighted by Gasteiger charge is -2.16. The summed E-state index contributed by atoms with van der Waals surface area (Å²) < 4.78 is 3.77. The van der Waals surface area contributed by atoms with Crippen molar-refractivity contribution in [3.05, 3.63) is 73.9 Å². The summed E-state index contributed by atoms with van der Waals surface area (Å²) in [4.78, 5) is 22.0. The molecule has 1 aliphatic rings. The monoisotopic (exact) mass is 549 g/mol. The Morgan fingerprint density at radius 3 is 2.65 bits per heavy atom. The summed E-state index contributed by atoms with van der Waals surface area (Å²) in [6, 6.07) is 12.4. The standard InChI is InChI=1S/C11H5Cl2N3OS.C10H9ClN4S/c12-8-9(18-16-10(8)13)11(17)15-7-4-2-1-3-6(7)5-14;11-9-2-1-8(5-13-9)6-15-3-4-16-10(15)14-7-12/h1-4H,(H,15,17);1-2,5H,3-4,6H2/b;14-10-. The zero-order chi connectivity index (χ0) is 24.5. The van der Waals surface area contributed by atoms with Crippen LogP contribution in [0.25, 0.3) is 0 Å². The van der Waals surface area contributed by atoms with Crippen LogP contribution >= 0.6 is 58.1 Å². The molecule has 1 amide bonds. The molecule has 0 radical (unpaired) electrons. The number of carbonyl (C=O) groups is 1. The van der Waals surface area contributed by atoms with Gasteiger partial charge in [-0.05, 0) is 35.3 Å². The van der Waals surface area contributed by atoms with Crippen LogP contribution in [0.5, 0.6) is 0 Å². The van der Waals surface area contributed by atoms with E-state index in [-0.39, 0.29) is 15.1 Å². The minimum absolute atomic E-state index is 0.0976. The third-order valence-corrected chi connectivity index (χ3v) is 7.28. The van der Waals surface area contributed by atoms with Crippen LogP contribution in [0, 0.1) is 22.8 Å². The molecule has 34 heavy (non-hydrogen) atoms. The van der Waals surface area contributed by atoms with E-state index in [0.717, 1.165) is 41.1 Å². The number of carbonyl (C=O) groups excluding carboxylic acids is 1. The van der Waals surface area contributed by atoms with Crippen LogP contribution in [-0.2, 0) is 6.54 Å². The predicted molar refractivity (Wildman–Crippen MR) is 136 cm³/mol. The van der Waals surface area contributed by atoms with Crippen LogP contribution in [0.4, 0.5) is 5.69 Å². The number of benzene rings is 1. The van der Waals surface area contributed by atoms with Crippen molar-refractivity contribution in [3.63, 3.8) is 0 Å². The molecule has 0 bridgehead atoms. The fraction of sp³-hybridized carbons (Fsp3) is 0.143. The highest BCUT2D eigenvalue weighted by molar-refractivity contribution is 8.14. The number of nitrogens with one attached hydrogen (secondary N) is 1. The van der Waals surface area contributed by atoms with Crippen LogP contribution in [0.1, 0.15) is 20.8 Å². The summed E-state index contributed by atoms with van der Waals surface area (Å²) in [5, 5.41) is 21.5. The van der Waals surface area contributed by atoms with Crippen LogP contribution in [0.2, 0.25) is 15.3 Å². The summed E-state index contributed by atoms with van der Waals surface area (Å²) in [5.74, 6) is 0.536. The van der Waals surface area contributed by atoms with Gasteiger partial charge in [-0.2, -0.15) is 14.9 Å². The largest absolute Gasteiger partial charge is 0.345 e. The predicted octanol–water partition coefficient (Wildman–Crippen LogP) is 5.69. The summed E-state index contributed by atoms with van der Waals surface area (Å²) in [7, 11) is 0. The quantitative estimate of drug-likeness (QED) is 0.327. The number of hydrogen-bond donors (Lipinski definition) is 1. The maximum atomic E-state index is 11.9. The van der Waals surface area contributed by atoms with E-state index in [2.05, 4.69) is 24.6 Å². The average Bonchev–Trinajstić information content (AvgIpc) is 3.42. The first-order valence-electron chi connectivity index (χ1n) is 9.49. The van der Waals surface area contributed by atoms with E-state index in [4.69, 9.17) is 45.3 Å². The van der Waals surface area contributed by atoms with Gasteiger partial charge in [-0.25, -0.2) is 4.98 Å². The minimum atomic E-state index is -0.438. The fourth-order valence-corrected chi connectivity index (χ4v) is 4.88. The van der Waals surface area contributed by atoms with Crippen LogP contribution in [0.15, 0.2) is 47.6 Å². The summed E-state index contributed by atoms with van der Waals surface area (Å²) >= 11 is 19.7. The van der Waals surface area contributed by atoms with Crippen molar-refractivity contribution in [1.82, 2.24) is 14.3 Å². The molecule has 2 aromatic heterocycles. The zero-order valence-electron chi connectivity index (χ0n) is 17.2. The van der Waals surface area contributed by atoms with Gasteiger partial charge in [0.05, 0.1) is 11.3 Å². The molecule has 13 heteroatoms. The lowest BCUT2D eigenvalue weighted by atomic mass is 10.2. The molecule has 3 aromatic rings. The Kier molecular flexibility index (Phi) is 9.52. The molecule has 0 aliphatic carbocycles. The Morgan fingerprint density at radius 1 is 1.21 bits per heavy atom. The van der Waals surface area contributed by atoms with Crippen molar-refractivity contribution in [3.8, 4) is 12.3 Å². The minimum Gasteiger partial charge on any atom is -0.345 e. The lowest BCUT2D eigenvalue weighted by Crippen LogP contribution is -2.23. The van der Waals surface area contributed by atoms with E-state index in [1.54, 1.807) is 48.3 Å². The molecule has 1 fully saturated rings. The molecule has 0 saturated carbocycles. The zero-order valence-corrected chi connectivity index (χ0v) is 21.1. The second-order valence-corrected chi connectivity index (χ2v) is 9.44. The van der Waals surface area contributed by atoms with E-state index in [1.807, 2.05) is 18.3 Å². The molecule has 0 atom stereocenters. The van der Waals surface area contributed by atoms with Gasteiger partial charge < -0.3 is 10.2 Å². The first-order chi connectivity index (χ1) is 16.4. The molecule has 1 N–H and O–H groups in total. The molecule has 172 valence electrons. The number of amides is 1. The molecule has 8 nitrogen and oxygen atoms in total. The summed E-state index contributed by atoms with van der Waals surface area (Å²) in [5.41, 5.74) is 1.86. The summed E-state index contributed by atoms with van der Waals surface area (Å²) in [6.45, 7) is 1.63. The molecular formula is C21H14Cl3N7OS2. The summed E-state index contributed by atoms with van der Waals surface area (Å²) in [6.07, 6.45) is 3.57. The van der Waals surface area contributed by atoms with Gasteiger partial charge in [-0.1, -0.05) is 64.8 Å². The van der Waals surface area contributed by atoms with Gasteiger partial charge in [-0.3, -0.25) is 4.79 Å². The Morgan fingerprint density at radius 2 is 2.00 bits per heavy atom. The normalized spacial score (nSPS) is 13.6. The molecular weight excluding hydrogens is 537 g/mol. The molecule has 4 rings (SSSR count). The first-order valence-corrected chi connectivity index (χ1v) is 12.4. The number of thioether (sulfide) groups is 1. The van der Waals surface area contributed by atoms with Crippen LogP contribution < -0.4 is 5.32 Å². The number of nitriles is 2. The molecule has 3 heterocycles. The van der Waals surface area contributed by atoms with Gasteiger partial charge in [-0.15, -0.1) is 4.99 Å². The van der Waals surface area contributed by atoms with Gasteiger partial charge in [0.25, 0.3) is 5.91 Å². The number of nitrogens with zero attached hydrogens (tertiary/aromatic N) is 6. The smallest absolute Gasteiger partial charge is 0.269 e. The van der Waals surface area contributed by atoms with Gasteiger partial charge in [0.15, 0.2) is 10.3 Å². The molecule has 1 aliphatic heterocycles. The molecule has 0 spiro atoms. The second kappa shape index (κ2) is 12.6. The van der Waals surface area contributed by atoms with Crippen LogP contribution in [0.3, 0.4) is 0 Å². The number of amidine groups is 1. The Bertz CT molecular complexity index is 1280. The van der Waals surface area contributed by atoms with Gasteiger partial charge in [0.2, 0.25) is 6.19 Å². The number of halogens is 3. The van der Waals surface area contributed by atoms with Crippen molar-refractivity contribution in [1.29, 1.82) is 10.5 Å². The Hall–Kier alpha value is -2.86. The van der Waals surface area contributed by atoms with E-state index in [1.165, 1.54) is 0 Å². The number of pyridine rings is 1. The lowest BCUT2D eigenvalue weighted by molar-refractivity contribution is 0.103. The fourth-order valence-electron chi connectivity index (χ4n) is 2.72. The van der Waals surface area contributed by atoms with Crippen molar-refractivity contribution < 1.29 is 4.79 Å². The maximum absolute atomic E-state index is 11.9. The topological polar surface area (TPSA) is 118 Å². The van der Waals surface area contributed by atoms with E-state index < -0.39 is 5.91 Å². The van der Waals surface area contributed by atoms with E-state index in [9.17, 15) is 4.79 Å². The number of para-hydroxylation sites is 1. The number of anilines is 1. The third-order valence-electron chi connectivity index (χ3n) is 4.27. The van der Waals surface area contributed by atoms with Gasteiger partial charge in [0, 0.05) is 25.0 Å². The van der Waals surface area contributed by atoms with Crippen molar-refractivity contribution in [2.24, 2.45) is 4.99 Å². The Labute approximate surface area is 219 Å². The number of hydrogen-bond acceptors (Lipinski definition) is 8. The third kappa shape index (κ3) is 6.83. The molecule has 0 unspecified atom stereocenters. The van der Waals surface area contributed by atoms with E-state index >= 15 is 0 Å². The average molecular weight is 551 g/mol. The number of aliphatic imine (C=N–C) groups is 1. The van der Waals surface area contributed by atoms with Gasteiger partial charge in [0.1, 0.15) is 21.1 Å². The van der Waals surface area contributed by atoms with Crippen molar-refractivity contribution in [2.45, 2.75) is 6.54 Å². The van der Waals surface area contributed by atoms with E-state index in [0.29, 0.717) is 16.4 Å². The number of rotatable bonds is 4. The van der Waals surface area contributed by atoms with Crippen molar-refractivity contribution in [2.75, 3.05) is 17.6 Å². The van der Waals surface area contributed by atoms with Crippen LogP contribution in [-0.4, -0.2) is 37.6 Å². The van der Waals surface area contributed by atoms with Crippen molar-refractivity contribution >= 4 is 74.9 Å². The highest BCUT2D eigenvalue weighted by Gasteiger charge is 2.20. The Balaban J connectivity index is 0.000000192. The van der Waals surface area contributed by atoms with Gasteiger partial charge >= 0.3 is 0 Å². The molecule has 1 aromatic carbocycles. The SMILES string of the molecule is N#C/N=C1\SCCN1Cc1ccc(Cl)nc1.N#Cc1ccccc1NC(=O)c1snc(Cl)c1Cl. The highest BCUT2D eigenvalue weighted by Crippen LogP contribution is 2.29. The maximum Gasteiger partial charge on any atom is 0.269 e. The second-order valence-electron chi connectivity index (χ2n) is 6.48. The number of aromatic nitrogens is 2. The highest BCUT2D eigenvalue weighted by atomic mass is 35.5. The first kappa shape index (κ1) is 25.8. The molecule has 1 saturated heterocycles.